The van der Waals surface area contributed by atoms with E-state index in [-0.39, 0.29) is 37.5 Å². The Morgan fingerprint density at radius 1 is 0.339 bits per heavy atom. The summed E-state index contributed by atoms with van der Waals surface area (Å²) >= 11 is 0. The van der Waals surface area contributed by atoms with Crippen molar-refractivity contribution in [1.29, 1.82) is 0 Å². The van der Waals surface area contributed by atoms with Crippen molar-refractivity contribution in [2.24, 2.45) is 0 Å². The monoisotopic (exact) mass is 867 g/mol. The molecule has 62 heavy (non-hydrogen) atoms. The predicted octanol–water partition coefficient (Wildman–Crippen LogP) is 17.3. The van der Waals surface area contributed by atoms with Crippen LogP contribution in [0, 0.1) is 0 Å². The Morgan fingerprint density at radius 3 is 1.08 bits per heavy atom. The van der Waals surface area contributed by atoms with Gasteiger partial charge in [0.2, 0.25) is 0 Å². The second-order valence-corrected chi connectivity index (χ2v) is 17.5. The smallest absolute Gasteiger partial charge is 0.306 e. The molecule has 0 saturated carbocycles. The lowest BCUT2D eigenvalue weighted by Gasteiger charge is -2.18. The van der Waals surface area contributed by atoms with Crippen LogP contribution in [0.25, 0.3) is 0 Å². The van der Waals surface area contributed by atoms with E-state index in [0.717, 1.165) is 77.0 Å². The van der Waals surface area contributed by atoms with Crippen LogP contribution in [-0.4, -0.2) is 37.2 Å². The van der Waals surface area contributed by atoms with Crippen LogP contribution in [0.4, 0.5) is 0 Å². The maximum absolute atomic E-state index is 12.8. The lowest BCUT2D eigenvalue weighted by atomic mass is 10.0. The van der Waals surface area contributed by atoms with Gasteiger partial charge in [-0.25, -0.2) is 0 Å². The summed E-state index contributed by atoms with van der Waals surface area (Å²) in [5.41, 5.74) is 0. The van der Waals surface area contributed by atoms with Crippen molar-refractivity contribution in [1.82, 2.24) is 0 Å². The van der Waals surface area contributed by atoms with E-state index in [1.807, 2.05) is 36.5 Å². The second-order valence-electron chi connectivity index (χ2n) is 17.5. The molecular weight excluding hydrogens is 769 g/mol. The molecule has 0 radical (unpaired) electrons. The Bertz CT molecular complexity index is 1130. The van der Waals surface area contributed by atoms with Crippen LogP contribution in [0.5, 0.6) is 0 Å². The SMILES string of the molecule is CC\C=C/C=C\C=C/C=C\CCCCCC(=O)OC(COC(=O)CCCCCCC/C=C\CCCCC)COC(=O)CCCCCCCCCCCCCCCCCCCCC. The van der Waals surface area contributed by atoms with Crippen LogP contribution < -0.4 is 0 Å². The van der Waals surface area contributed by atoms with Gasteiger partial charge in [-0.15, -0.1) is 0 Å². The number of ether oxygens (including phenoxy) is 3. The van der Waals surface area contributed by atoms with E-state index >= 15 is 0 Å². The molecule has 0 aliphatic carbocycles. The average Bonchev–Trinajstić information content (AvgIpc) is 3.27. The van der Waals surface area contributed by atoms with Crippen molar-refractivity contribution in [3.8, 4) is 0 Å². The molecule has 0 rings (SSSR count). The molecule has 0 spiro atoms. The van der Waals surface area contributed by atoms with Crippen molar-refractivity contribution in [3.05, 3.63) is 60.8 Å². The fourth-order valence-electron chi connectivity index (χ4n) is 7.39. The van der Waals surface area contributed by atoms with E-state index in [1.165, 1.54) is 141 Å². The van der Waals surface area contributed by atoms with Gasteiger partial charge in [0.15, 0.2) is 6.10 Å². The highest BCUT2D eigenvalue weighted by Crippen LogP contribution is 2.16. The van der Waals surface area contributed by atoms with Crippen molar-refractivity contribution < 1.29 is 28.6 Å². The van der Waals surface area contributed by atoms with Crippen LogP contribution in [-0.2, 0) is 28.6 Å². The summed E-state index contributed by atoms with van der Waals surface area (Å²) in [7, 11) is 0. The Kier molecular flexibility index (Phi) is 48.4. The average molecular weight is 867 g/mol. The number of rotatable bonds is 47. The molecule has 358 valence electrons. The van der Waals surface area contributed by atoms with Gasteiger partial charge in [0.1, 0.15) is 13.2 Å². The van der Waals surface area contributed by atoms with Gasteiger partial charge in [0.25, 0.3) is 0 Å². The van der Waals surface area contributed by atoms with Crippen molar-refractivity contribution in [2.45, 2.75) is 264 Å². The molecule has 0 aromatic carbocycles. The molecule has 0 fully saturated rings. The highest BCUT2D eigenvalue weighted by molar-refractivity contribution is 5.71. The molecular formula is C56H98O6. The zero-order chi connectivity index (χ0) is 45.1. The second kappa shape index (κ2) is 50.8. The molecule has 0 aliphatic rings. The lowest BCUT2D eigenvalue weighted by Crippen LogP contribution is -2.30. The van der Waals surface area contributed by atoms with Gasteiger partial charge in [-0.05, 0) is 64.2 Å². The zero-order valence-electron chi connectivity index (χ0n) is 40.9. The Hall–Kier alpha value is -2.89. The number of esters is 3. The minimum absolute atomic E-state index is 0.0909. The highest BCUT2D eigenvalue weighted by atomic mass is 16.6. The van der Waals surface area contributed by atoms with Gasteiger partial charge in [0.05, 0.1) is 0 Å². The first kappa shape index (κ1) is 59.1. The Morgan fingerprint density at radius 2 is 0.645 bits per heavy atom. The van der Waals surface area contributed by atoms with Crippen LogP contribution in [0.1, 0.15) is 258 Å². The van der Waals surface area contributed by atoms with Crippen LogP contribution in [0.2, 0.25) is 0 Å². The number of carbonyl (C=O) groups excluding carboxylic acids is 3. The van der Waals surface area contributed by atoms with Gasteiger partial charge in [0, 0.05) is 19.3 Å². The lowest BCUT2D eigenvalue weighted by molar-refractivity contribution is -0.167. The molecule has 1 unspecified atom stereocenters. The summed E-state index contributed by atoms with van der Waals surface area (Å²) in [5, 5.41) is 0. The van der Waals surface area contributed by atoms with E-state index in [0.29, 0.717) is 12.8 Å². The molecule has 0 aromatic rings. The molecule has 0 bridgehead atoms. The largest absolute Gasteiger partial charge is 0.462 e. The topological polar surface area (TPSA) is 78.9 Å². The van der Waals surface area contributed by atoms with E-state index in [1.54, 1.807) is 0 Å². The fraction of sp³-hybridized carbons (Fsp3) is 0.768. The molecule has 0 N–H and O–H groups in total. The molecule has 1 atom stereocenters. The zero-order valence-corrected chi connectivity index (χ0v) is 40.9. The molecule has 6 heteroatoms. The van der Waals surface area contributed by atoms with Crippen LogP contribution in [0.15, 0.2) is 60.8 Å². The summed E-state index contributed by atoms with van der Waals surface area (Å²) < 4.78 is 16.8. The summed E-state index contributed by atoms with van der Waals surface area (Å²) in [5.74, 6) is -0.934. The van der Waals surface area contributed by atoms with Gasteiger partial charge in [-0.2, -0.15) is 0 Å². The third-order valence-electron chi connectivity index (χ3n) is 11.4. The van der Waals surface area contributed by atoms with E-state index in [9.17, 15) is 14.4 Å². The van der Waals surface area contributed by atoms with Crippen molar-refractivity contribution in [2.75, 3.05) is 13.2 Å². The summed E-state index contributed by atoms with van der Waals surface area (Å²) in [6.07, 6.45) is 62.1. The van der Waals surface area contributed by atoms with Gasteiger partial charge < -0.3 is 14.2 Å². The number of allylic oxidation sites excluding steroid dienone is 10. The molecule has 0 heterocycles. The number of unbranched alkanes of at least 4 members (excludes halogenated alkanes) is 29. The van der Waals surface area contributed by atoms with Gasteiger partial charge >= 0.3 is 17.9 Å². The van der Waals surface area contributed by atoms with Gasteiger partial charge in [-0.3, -0.25) is 14.4 Å². The molecule has 6 nitrogen and oxygen atoms in total. The summed E-state index contributed by atoms with van der Waals surface area (Å²) in [6.45, 7) is 6.45. The first-order valence-electron chi connectivity index (χ1n) is 26.3. The van der Waals surface area contributed by atoms with E-state index < -0.39 is 6.10 Å². The quantitative estimate of drug-likeness (QED) is 0.0199. The van der Waals surface area contributed by atoms with Crippen molar-refractivity contribution in [3.63, 3.8) is 0 Å². The highest BCUT2D eigenvalue weighted by Gasteiger charge is 2.19. The Balaban J connectivity index is 4.35. The maximum atomic E-state index is 12.8. The van der Waals surface area contributed by atoms with Crippen LogP contribution in [0.3, 0.4) is 0 Å². The van der Waals surface area contributed by atoms with E-state index in [2.05, 4.69) is 45.1 Å². The minimum atomic E-state index is -0.795. The first-order valence-corrected chi connectivity index (χ1v) is 26.3. The normalized spacial score (nSPS) is 12.5. The third kappa shape index (κ3) is 48.1. The molecule has 0 aromatic heterocycles. The first-order chi connectivity index (χ1) is 30.5. The number of hydrogen-bond donors (Lipinski definition) is 0. The number of hydrogen-bond acceptors (Lipinski definition) is 6. The molecule has 0 amide bonds. The van der Waals surface area contributed by atoms with Crippen molar-refractivity contribution >= 4 is 17.9 Å². The molecule has 0 saturated heterocycles. The standard InChI is InChI=1S/C56H98O6/c1-4-7-10-13-16-19-22-25-26-27-28-29-30-32-34-37-40-43-46-49-55(58)61-52-53(51-60-54(57)48-45-42-39-36-33-24-21-18-15-12-9-6-3)62-56(59)50-47-44-41-38-35-31-23-20-17-14-11-8-5-2/h8,11,14,17-18,20-21,23,31,35,53H,4-7,9-10,12-13,15-16,19,22,24-30,32-34,36-52H2,1-3H3/b11-8-,17-14-,21-18-,23-20-,35-31-. The Labute approximate surface area is 383 Å². The summed E-state index contributed by atoms with van der Waals surface area (Å²) in [4.78, 5) is 37.9. The fourth-order valence-corrected chi connectivity index (χ4v) is 7.39. The van der Waals surface area contributed by atoms with Crippen LogP contribution >= 0.6 is 0 Å². The maximum Gasteiger partial charge on any atom is 0.306 e. The third-order valence-corrected chi connectivity index (χ3v) is 11.4. The summed E-state index contributed by atoms with van der Waals surface area (Å²) in [6, 6.07) is 0. The minimum Gasteiger partial charge on any atom is -0.462 e. The van der Waals surface area contributed by atoms with E-state index in [4.69, 9.17) is 14.2 Å². The molecule has 0 aliphatic heterocycles. The number of carbonyl (C=O) groups is 3. The predicted molar refractivity (Wildman–Crippen MR) is 265 cm³/mol. The van der Waals surface area contributed by atoms with Gasteiger partial charge in [-0.1, -0.05) is 236 Å².